The zero-order valence-electron chi connectivity index (χ0n) is 19.7. The number of carbonyl (C=O) groups is 3. The minimum atomic E-state index is -0.815. The van der Waals surface area contributed by atoms with Gasteiger partial charge < -0.3 is 20.5 Å². The number of nitrogens with one attached hydrogen (secondary N) is 2. The summed E-state index contributed by atoms with van der Waals surface area (Å²) in [6.07, 6.45) is 4.27. The highest BCUT2D eigenvalue weighted by Gasteiger charge is 2.36. The summed E-state index contributed by atoms with van der Waals surface area (Å²) in [6.45, 7) is 0.267. The average Bonchev–Trinajstić information content (AvgIpc) is 3.56. The number of carboxylic acids is 1. The number of carbonyl (C=O) groups excluding carboxylic acids is 2. The van der Waals surface area contributed by atoms with Crippen LogP contribution in [0.3, 0.4) is 0 Å². The second-order valence-corrected chi connectivity index (χ2v) is 10.1. The van der Waals surface area contributed by atoms with E-state index in [1.54, 1.807) is 0 Å². The van der Waals surface area contributed by atoms with Gasteiger partial charge in [0.15, 0.2) is 0 Å². The normalized spacial score (nSPS) is 25.0. The van der Waals surface area contributed by atoms with Crippen molar-refractivity contribution >= 4 is 18.0 Å². The van der Waals surface area contributed by atoms with Gasteiger partial charge in [-0.15, -0.1) is 0 Å². The van der Waals surface area contributed by atoms with Crippen molar-refractivity contribution < 1.29 is 24.2 Å². The van der Waals surface area contributed by atoms with E-state index >= 15 is 0 Å². The largest absolute Gasteiger partial charge is 0.481 e. The first-order chi connectivity index (χ1) is 17.0. The molecule has 4 unspecified atom stereocenters. The first-order valence-corrected chi connectivity index (χ1v) is 12.6. The summed E-state index contributed by atoms with van der Waals surface area (Å²) < 4.78 is 5.65. The van der Waals surface area contributed by atoms with Crippen LogP contribution < -0.4 is 10.6 Å². The Morgan fingerprint density at radius 1 is 0.886 bits per heavy atom. The lowest BCUT2D eigenvalue weighted by molar-refractivity contribution is -0.138. The van der Waals surface area contributed by atoms with Gasteiger partial charge >= 0.3 is 12.1 Å². The maximum atomic E-state index is 12.8. The number of hydrogen-bond donors (Lipinski definition) is 3. The zero-order valence-corrected chi connectivity index (χ0v) is 19.7. The Labute approximate surface area is 205 Å². The minimum absolute atomic E-state index is 0.00704. The number of carboxylic acid groups (broad SMARTS) is 1. The molecule has 2 aromatic rings. The van der Waals surface area contributed by atoms with Crippen molar-refractivity contribution in [2.75, 3.05) is 6.61 Å². The van der Waals surface area contributed by atoms with Crippen LogP contribution >= 0.6 is 0 Å². The van der Waals surface area contributed by atoms with Crippen molar-refractivity contribution in [2.24, 2.45) is 11.8 Å². The standard InChI is InChI=1S/C28H32N2O5/c31-26(32)15-17-6-5-11-25(17)30-27(33)18-12-13-19(14-18)29-28(34)35-16-24-22-9-3-1-7-20(22)21-8-2-4-10-23(21)24/h1-4,7-10,17-19,24-25H,5-6,11-16H2,(H,29,34)(H,30,33)(H,31,32). The predicted molar refractivity (Wildman–Crippen MR) is 131 cm³/mol. The number of benzene rings is 2. The second kappa shape index (κ2) is 10.1. The molecule has 5 rings (SSSR count). The van der Waals surface area contributed by atoms with Gasteiger partial charge in [-0.2, -0.15) is 0 Å². The number of rotatable bonds is 7. The Morgan fingerprint density at radius 2 is 1.57 bits per heavy atom. The third-order valence-corrected chi connectivity index (χ3v) is 7.89. The van der Waals surface area contributed by atoms with E-state index in [1.807, 2.05) is 24.3 Å². The maximum absolute atomic E-state index is 12.8. The smallest absolute Gasteiger partial charge is 0.407 e. The Kier molecular flexibility index (Phi) is 6.75. The molecule has 2 saturated carbocycles. The molecule has 2 aromatic carbocycles. The second-order valence-electron chi connectivity index (χ2n) is 10.1. The van der Waals surface area contributed by atoms with Crippen LogP contribution in [-0.4, -0.2) is 41.8 Å². The Hall–Kier alpha value is -3.35. The van der Waals surface area contributed by atoms with Crippen LogP contribution in [-0.2, 0) is 14.3 Å². The van der Waals surface area contributed by atoms with Crippen LogP contribution in [0, 0.1) is 11.8 Å². The predicted octanol–water partition coefficient (Wildman–Crippen LogP) is 4.45. The Morgan fingerprint density at radius 3 is 2.26 bits per heavy atom. The van der Waals surface area contributed by atoms with E-state index in [-0.39, 0.29) is 48.8 Å². The third kappa shape index (κ3) is 5.04. The van der Waals surface area contributed by atoms with Crippen LogP contribution in [0.1, 0.15) is 62.0 Å². The van der Waals surface area contributed by atoms with E-state index in [2.05, 4.69) is 34.9 Å². The van der Waals surface area contributed by atoms with Gasteiger partial charge in [0.2, 0.25) is 5.91 Å². The maximum Gasteiger partial charge on any atom is 0.407 e. The number of alkyl carbamates (subject to hydrolysis) is 1. The molecule has 35 heavy (non-hydrogen) atoms. The molecule has 2 fully saturated rings. The fourth-order valence-corrected chi connectivity index (χ4v) is 6.15. The summed E-state index contributed by atoms with van der Waals surface area (Å²) in [5.74, 6) is -0.985. The van der Waals surface area contributed by atoms with E-state index in [0.717, 1.165) is 25.7 Å². The summed E-state index contributed by atoms with van der Waals surface area (Å²) in [4.78, 5) is 36.5. The molecule has 4 atom stereocenters. The first-order valence-electron chi connectivity index (χ1n) is 12.6. The van der Waals surface area contributed by atoms with Gasteiger partial charge in [0.05, 0.1) is 6.42 Å². The van der Waals surface area contributed by atoms with Gasteiger partial charge in [-0.3, -0.25) is 9.59 Å². The molecule has 0 bridgehead atoms. The summed E-state index contributed by atoms with van der Waals surface area (Å²) in [5.41, 5.74) is 4.73. The summed E-state index contributed by atoms with van der Waals surface area (Å²) in [5, 5.41) is 15.1. The highest BCUT2D eigenvalue weighted by Crippen LogP contribution is 2.44. The first kappa shape index (κ1) is 23.4. The topological polar surface area (TPSA) is 105 Å². The number of ether oxygens (including phenoxy) is 1. The van der Waals surface area contributed by atoms with Gasteiger partial charge in [0.25, 0.3) is 0 Å². The van der Waals surface area contributed by atoms with E-state index in [0.29, 0.717) is 12.8 Å². The lowest BCUT2D eigenvalue weighted by Crippen LogP contribution is -2.41. The molecule has 0 radical (unpaired) electrons. The average molecular weight is 477 g/mol. The molecule has 3 aliphatic carbocycles. The van der Waals surface area contributed by atoms with Gasteiger partial charge in [-0.25, -0.2) is 4.79 Å². The van der Waals surface area contributed by atoms with Crippen molar-refractivity contribution in [1.29, 1.82) is 0 Å². The van der Waals surface area contributed by atoms with Gasteiger partial charge in [-0.05, 0) is 60.3 Å². The SMILES string of the molecule is O=C(O)CC1CCCC1NC(=O)C1CCC(NC(=O)OCC2c3ccccc3-c3ccccc32)C1. The van der Waals surface area contributed by atoms with E-state index in [9.17, 15) is 14.4 Å². The van der Waals surface area contributed by atoms with Crippen LogP contribution in [0.4, 0.5) is 4.79 Å². The summed E-state index contributed by atoms with van der Waals surface area (Å²) in [6, 6.07) is 16.3. The minimum Gasteiger partial charge on any atom is -0.481 e. The molecular weight excluding hydrogens is 444 g/mol. The summed E-state index contributed by atoms with van der Waals surface area (Å²) >= 11 is 0. The van der Waals surface area contributed by atoms with Gasteiger partial charge in [-0.1, -0.05) is 55.0 Å². The van der Waals surface area contributed by atoms with Gasteiger partial charge in [0, 0.05) is 23.9 Å². The molecule has 184 valence electrons. The molecular formula is C28H32N2O5. The molecule has 3 N–H and O–H groups in total. The molecule has 0 heterocycles. The Bertz CT molecular complexity index is 1070. The van der Waals surface area contributed by atoms with Crippen LogP contribution in [0.2, 0.25) is 0 Å². The molecule has 0 aromatic heterocycles. The molecule has 7 nitrogen and oxygen atoms in total. The summed E-state index contributed by atoms with van der Waals surface area (Å²) in [7, 11) is 0. The van der Waals surface area contributed by atoms with E-state index in [4.69, 9.17) is 9.84 Å². The van der Waals surface area contributed by atoms with E-state index < -0.39 is 12.1 Å². The lowest BCUT2D eigenvalue weighted by Gasteiger charge is -2.22. The molecule has 0 aliphatic heterocycles. The number of amides is 2. The highest BCUT2D eigenvalue weighted by atomic mass is 16.5. The lowest BCUT2D eigenvalue weighted by atomic mass is 9.98. The highest BCUT2D eigenvalue weighted by molar-refractivity contribution is 5.80. The van der Waals surface area contributed by atoms with Crippen molar-refractivity contribution in [1.82, 2.24) is 10.6 Å². The molecule has 0 saturated heterocycles. The van der Waals surface area contributed by atoms with E-state index in [1.165, 1.54) is 22.3 Å². The van der Waals surface area contributed by atoms with Crippen LogP contribution in [0.25, 0.3) is 11.1 Å². The molecule has 2 amide bonds. The van der Waals surface area contributed by atoms with Crippen LogP contribution in [0.15, 0.2) is 48.5 Å². The zero-order chi connectivity index (χ0) is 24.4. The fourth-order valence-electron chi connectivity index (χ4n) is 6.15. The number of aliphatic carboxylic acids is 1. The monoisotopic (exact) mass is 476 g/mol. The fraction of sp³-hybridized carbons (Fsp3) is 0.464. The number of fused-ring (bicyclic) bond motifs is 3. The number of hydrogen-bond acceptors (Lipinski definition) is 4. The molecule has 7 heteroatoms. The van der Waals surface area contributed by atoms with Crippen molar-refractivity contribution in [3.05, 3.63) is 59.7 Å². The van der Waals surface area contributed by atoms with Crippen molar-refractivity contribution in [3.8, 4) is 11.1 Å². The molecule has 3 aliphatic rings. The van der Waals surface area contributed by atoms with Gasteiger partial charge in [0.1, 0.15) is 6.61 Å². The molecule has 0 spiro atoms. The van der Waals surface area contributed by atoms with Crippen LogP contribution in [0.5, 0.6) is 0 Å². The van der Waals surface area contributed by atoms with Crippen molar-refractivity contribution in [2.45, 2.75) is 62.9 Å². The third-order valence-electron chi connectivity index (χ3n) is 7.89. The quantitative estimate of drug-likeness (QED) is 0.548. The van der Waals surface area contributed by atoms with Crippen molar-refractivity contribution in [3.63, 3.8) is 0 Å². The Balaban J connectivity index is 1.11.